The number of amides is 1. The molecule has 0 aliphatic rings. The smallest absolute Gasteiger partial charge is 0.221 e. The Kier molecular flexibility index (Phi) is 5.82. The maximum Gasteiger partial charge on any atom is 0.221 e. The van der Waals surface area contributed by atoms with Crippen LogP contribution in [0.3, 0.4) is 0 Å². The third-order valence-electron chi connectivity index (χ3n) is 2.63. The maximum atomic E-state index is 10.8. The molecule has 0 heterocycles. The topological polar surface area (TPSA) is 75.3 Å². The van der Waals surface area contributed by atoms with Crippen LogP contribution in [0.2, 0.25) is 0 Å². The van der Waals surface area contributed by atoms with E-state index < -0.39 is 6.10 Å². The van der Waals surface area contributed by atoms with Crippen LogP contribution in [0.5, 0.6) is 0 Å². The van der Waals surface area contributed by atoms with Gasteiger partial charge in [-0.2, -0.15) is 0 Å². The zero-order valence-corrected chi connectivity index (χ0v) is 11.0. The highest BCUT2D eigenvalue weighted by Gasteiger charge is 2.06. The highest BCUT2D eigenvalue weighted by Crippen LogP contribution is 2.07. The number of carbonyl (C=O) groups excluding carboxylic acids is 1. The highest BCUT2D eigenvalue weighted by molar-refractivity contribution is 5.76. The molecule has 4 N–H and O–H groups in total. The van der Waals surface area contributed by atoms with Crippen LogP contribution in [0.1, 0.15) is 25.0 Å². The lowest BCUT2D eigenvalue weighted by Crippen LogP contribution is -2.33. The van der Waals surface area contributed by atoms with E-state index in [0.29, 0.717) is 19.0 Å². The Hall–Kier alpha value is -1.39. The number of hydrogen-bond acceptors (Lipinski definition) is 3. The largest absolute Gasteiger partial charge is 0.391 e. The first-order chi connectivity index (χ1) is 8.47. The minimum atomic E-state index is -0.394. The Labute approximate surface area is 108 Å². The minimum absolute atomic E-state index is 0.262. The molecular weight excluding hydrogens is 228 g/mol. The fraction of sp³-hybridized carbons (Fsp3) is 0.500. The van der Waals surface area contributed by atoms with Crippen LogP contribution >= 0.6 is 0 Å². The monoisotopic (exact) mass is 250 g/mol. The van der Waals surface area contributed by atoms with Crippen molar-refractivity contribution in [1.29, 1.82) is 0 Å². The third kappa shape index (κ3) is 5.80. The average Bonchev–Trinajstić information content (AvgIpc) is 2.28. The number of carbonyl (C=O) groups is 1. The van der Waals surface area contributed by atoms with Crippen LogP contribution in [0.4, 0.5) is 0 Å². The fourth-order valence-corrected chi connectivity index (χ4v) is 1.71. The summed E-state index contributed by atoms with van der Waals surface area (Å²) in [6.45, 7) is 4.68. The zero-order chi connectivity index (χ0) is 13.5. The second kappa shape index (κ2) is 7.13. The lowest BCUT2D eigenvalue weighted by molar-refractivity contribution is -0.117. The molecule has 1 amide bonds. The van der Waals surface area contributed by atoms with E-state index in [0.717, 1.165) is 11.1 Å². The van der Waals surface area contributed by atoms with Gasteiger partial charge in [-0.15, -0.1) is 0 Å². The van der Waals surface area contributed by atoms with E-state index in [-0.39, 0.29) is 12.3 Å². The summed E-state index contributed by atoms with van der Waals surface area (Å²) in [4.78, 5) is 10.8. The Bertz CT molecular complexity index is 374. The van der Waals surface area contributed by atoms with Crippen molar-refractivity contribution in [2.45, 2.75) is 38.8 Å². The number of rotatable bonds is 7. The second-order valence-corrected chi connectivity index (χ2v) is 4.88. The number of benzene rings is 1. The van der Waals surface area contributed by atoms with E-state index in [1.165, 1.54) is 0 Å². The van der Waals surface area contributed by atoms with Gasteiger partial charge in [-0.25, -0.2) is 0 Å². The van der Waals surface area contributed by atoms with Crippen molar-refractivity contribution >= 4 is 5.91 Å². The summed E-state index contributed by atoms with van der Waals surface area (Å²) >= 11 is 0. The van der Waals surface area contributed by atoms with Crippen molar-refractivity contribution in [3.8, 4) is 0 Å². The van der Waals surface area contributed by atoms with E-state index in [2.05, 4.69) is 5.32 Å². The summed E-state index contributed by atoms with van der Waals surface area (Å²) in [5.74, 6) is -0.330. The normalized spacial score (nSPS) is 12.7. The van der Waals surface area contributed by atoms with Gasteiger partial charge in [0.25, 0.3) is 0 Å². The first kappa shape index (κ1) is 14.7. The highest BCUT2D eigenvalue weighted by atomic mass is 16.3. The van der Waals surface area contributed by atoms with Crippen LogP contribution in [0.15, 0.2) is 24.3 Å². The maximum absolute atomic E-state index is 10.8. The number of nitrogens with one attached hydrogen (secondary N) is 1. The van der Waals surface area contributed by atoms with Gasteiger partial charge in [0.2, 0.25) is 5.91 Å². The number of primary amides is 1. The van der Waals surface area contributed by atoms with Crippen LogP contribution in [-0.2, 0) is 17.6 Å². The Morgan fingerprint density at radius 2 is 1.83 bits per heavy atom. The molecule has 0 aliphatic carbocycles. The van der Waals surface area contributed by atoms with Crippen LogP contribution in [-0.4, -0.2) is 29.7 Å². The van der Waals surface area contributed by atoms with E-state index in [1.807, 2.05) is 38.1 Å². The van der Waals surface area contributed by atoms with Crippen molar-refractivity contribution in [3.05, 3.63) is 35.4 Å². The van der Waals surface area contributed by atoms with Crippen LogP contribution in [0.25, 0.3) is 0 Å². The van der Waals surface area contributed by atoms with Gasteiger partial charge in [0.1, 0.15) is 0 Å². The Morgan fingerprint density at radius 3 is 2.33 bits per heavy atom. The van der Waals surface area contributed by atoms with Gasteiger partial charge in [-0.1, -0.05) is 38.1 Å². The third-order valence-corrected chi connectivity index (χ3v) is 2.63. The minimum Gasteiger partial charge on any atom is -0.391 e. The molecule has 0 aromatic heterocycles. The fourth-order valence-electron chi connectivity index (χ4n) is 1.71. The standard InChI is InChI=1S/C14H22N2O2/c1-10(2)16-9-13(17)7-11-3-5-12(6-4-11)8-14(15)18/h3-6,10,13,16-17H,7-9H2,1-2H3,(H2,15,18). The van der Waals surface area contributed by atoms with Gasteiger partial charge < -0.3 is 16.2 Å². The molecule has 0 spiro atoms. The molecule has 100 valence electrons. The number of aliphatic hydroxyl groups excluding tert-OH is 1. The molecule has 0 fully saturated rings. The molecule has 1 aromatic rings. The molecule has 0 saturated heterocycles. The SMILES string of the molecule is CC(C)NCC(O)Cc1ccc(CC(N)=O)cc1. The predicted octanol–water partition coefficient (Wildman–Crippen LogP) is 0.616. The molecule has 1 aromatic carbocycles. The summed E-state index contributed by atoms with van der Waals surface area (Å²) in [5.41, 5.74) is 7.08. The van der Waals surface area contributed by atoms with Crippen molar-refractivity contribution in [1.82, 2.24) is 5.32 Å². The lowest BCUT2D eigenvalue weighted by atomic mass is 10.0. The Balaban J connectivity index is 2.45. The number of aliphatic hydroxyl groups is 1. The van der Waals surface area contributed by atoms with Gasteiger partial charge >= 0.3 is 0 Å². The summed E-state index contributed by atoms with van der Waals surface area (Å²) in [7, 11) is 0. The van der Waals surface area contributed by atoms with Crippen molar-refractivity contribution in [2.24, 2.45) is 5.73 Å². The van der Waals surface area contributed by atoms with Gasteiger partial charge in [0.15, 0.2) is 0 Å². The average molecular weight is 250 g/mol. The van der Waals surface area contributed by atoms with Crippen molar-refractivity contribution in [2.75, 3.05) is 6.54 Å². The number of nitrogens with two attached hydrogens (primary N) is 1. The van der Waals surface area contributed by atoms with Gasteiger partial charge in [0.05, 0.1) is 12.5 Å². The molecule has 1 rings (SSSR count). The van der Waals surface area contributed by atoms with Crippen molar-refractivity contribution < 1.29 is 9.90 Å². The predicted molar refractivity (Wildman–Crippen MR) is 72.2 cm³/mol. The molecule has 0 aliphatic heterocycles. The van der Waals surface area contributed by atoms with E-state index in [9.17, 15) is 9.90 Å². The number of hydrogen-bond donors (Lipinski definition) is 3. The van der Waals surface area contributed by atoms with Gasteiger partial charge in [0, 0.05) is 12.6 Å². The van der Waals surface area contributed by atoms with E-state index in [4.69, 9.17) is 5.73 Å². The Morgan fingerprint density at radius 1 is 1.28 bits per heavy atom. The summed E-state index contributed by atoms with van der Waals surface area (Å²) in [6, 6.07) is 7.98. The molecule has 4 nitrogen and oxygen atoms in total. The summed E-state index contributed by atoms with van der Waals surface area (Å²) in [6.07, 6.45) is 0.475. The van der Waals surface area contributed by atoms with E-state index in [1.54, 1.807) is 0 Å². The van der Waals surface area contributed by atoms with Gasteiger partial charge in [-0.05, 0) is 17.5 Å². The molecule has 18 heavy (non-hydrogen) atoms. The van der Waals surface area contributed by atoms with Crippen LogP contribution < -0.4 is 11.1 Å². The van der Waals surface area contributed by atoms with Crippen LogP contribution in [0, 0.1) is 0 Å². The molecule has 4 heteroatoms. The summed E-state index contributed by atoms with van der Waals surface area (Å²) in [5, 5.41) is 13.0. The zero-order valence-electron chi connectivity index (χ0n) is 11.0. The molecule has 0 saturated carbocycles. The van der Waals surface area contributed by atoms with Crippen molar-refractivity contribution in [3.63, 3.8) is 0 Å². The molecule has 1 unspecified atom stereocenters. The molecule has 0 bridgehead atoms. The first-order valence-electron chi connectivity index (χ1n) is 6.25. The second-order valence-electron chi connectivity index (χ2n) is 4.88. The molecule has 1 atom stereocenters. The first-order valence-corrected chi connectivity index (χ1v) is 6.25. The molecular formula is C14H22N2O2. The molecule has 0 radical (unpaired) electrons. The summed E-state index contributed by atoms with van der Waals surface area (Å²) < 4.78 is 0. The van der Waals surface area contributed by atoms with Gasteiger partial charge in [-0.3, -0.25) is 4.79 Å². The van der Waals surface area contributed by atoms with E-state index >= 15 is 0 Å². The lowest BCUT2D eigenvalue weighted by Gasteiger charge is -2.14. The quantitative estimate of drug-likeness (QED) is 0.664.